The van der Waals surface area contributed by atoms with E-state index in [9.17, 15) is 22.8 Å². The van der Waals surface area contributed by atoms with E-state index in [2.05, 4.69) is 4.98 Å². The number of halogens is 3. The Morgan fingerprint density at radius 1 is 1.04 bits per heavy atom. The monoisotopic (exact) mass is 386 g/mol. The molecule has 1 aliphatic rings. The van der Waals surface area contributed by atoms with Gasteiger partial charge >= 0.3 is 6.18 Å². The predicted molar refractivity (Wildman–Crippen MR) is 99.0 cm³/mol. The van der Waals surface area contributed by atoms with Gasteiger partial charge in [-0.3, -0.25) is 9.59 Å². The maximum Gasteiger partial charge on any atom is 0.416 e. The van der Waals surface area contributed by atoms with Gasteiger partial charge in [0.25, 0.3) is 11.5 Å². The Balaban J connectivity index is 1.78. The number of pyridine rings is 1. The lowest BCUT2D eigenvalue weighted by atomic mass is 9.97. The van der Waals surface area contributed by atoms with Crippen LogP contribution in [0.25, 0.3) is 10.8 Å². The van der Waals surface area contributed by atoms with Gasteiger partial charge in [-0.1, -0.05) is 36.4 Å². The van der Waals surface area contributed by atoms with Crippen LogP contribution in [0.2, 0.25) is 0 Å². The maximum atomic E-state index is 13.5. The molecule has 4 nitrogen and oxygen atoms in total. The van der Waals surface area contributed by atoms with Gasteiger partial charge in [-0.15, -0.1) is 0 Å². The van der Waals surface area contributed by atoms with Crippen molar-refractivity contribution < 1.29 is 18.0 Å². The van der Waals surface area contributed by atoms with Crippen molar-refractivity contribution in [2.45, 2.75) is 25.1 Å². The van der Waals surface area contributed by atoms with Crippen LogP contribution in [0.1, 0.15) is 40.4 Å². The lowest BCUT2D eigenvalue weighted by Gasteiger charge is -2.27. The third kappa shape index (κ3) is 3.06. The third-order valence-electron chi connectivity index (χ3n) is 5.18. The molecule has 1 N–H and O–H groups in total. The first-order valence-corrected chi connectivity index (χ1v) is 8.95. The number of rotatable bonds is 2. The van der Waals surface area contributed by atoms with Gasteiger partial charge in [0.2, 0.25) is 0 Å². The quantitative estimate of drug-likeness (QED) is 0.704. The molecular formula is C21H17F3N2O2. The number of H-pyrrole nitrogens is 1. The number of aromatic nitrogens is 1. The fourth-order valence-electron chi connectivity index (χ4n) is 3.92. The van der Waals surface area contributed by atoms with Gasteiger partial charge in [0.1, 0.15) is 0 Å². The third-order valence-corrected chi connectivity index (χ3v) is 5.18. The van der Waals surface area contributed by atoms with E-state index in [1.807, 2.05) is 0 Å². The molecule has 0 spiro atoms. The summed E-state index contributed by atoms with van der Waals surface area (Å²) in [5, 5.41) is 0.866. The summed E-state index contributed by atoms with van der Waals surface area (Å²) < 4.78 is 40.4. The van der Waals surface area contributed by atoms with Crippen LogP contribution in [0, 0.1) is 0 Å². The molecule has 0 aliphatic carbocycles. The highest BCUT2D eigenvalue weighted by molar-refractivity contribution is 6.06. The summed E-state index contributed by atoms with van der Waals surface area (Å²) in [7, 11) is 0. The first-order chi connectivity index (χ1) is 13.4. The molecule has 0 radical (unpaired) electrons. The van der Waals surface area contributed by atoms with Gasteiger partial charge in [0, 0.05) is 23.5 Å². The molecule has 3 aromatic rings. The van der Waals surface area contributed by atoms with E-state index < -0.39 is 17.8 Å². The minimum Gasteiger partial charge on any atom is -0.332 e. The van der Waals surface area contributed by atoms with Crippen LogP contribution in [0.5, 0.6) is 0 Å². The molecule has 1 atom stereocenters. The number of carbonyl (C=O) groups is 1. The molecule has 0 saturated carbocycles. The number of benzene rings is 2. The average Bonchev–Trinajstić information content (AvgIpc) is 3.17. The van der Waals surface area contributed by atoms with Crippen LogP contribution < -0.4 is 5.56 Å². The Morgan fingerprint density at radius 3 is 2.46 bits per heavy atom. The summed E-state index contributed by atoms with van der Waals surface area (Å²) in [4.78, 5) is 29.3. The van der Waals surface area contributed by atoms with Gasteiger partial charge in [-0.05, 0) is 30.5 Å². The average molecular weight is 386 g/mol. The van der Waals surface area contributed by atoms with Crippen LogP contribution in [-0.4, -0.2) is 22.3 Å². The second kappa shape index (κ2) is 6.82. The fourth-order valence-corrected chi connectivity index (χ4v) is 3.92. The van der Waals surface area contributed by atoms with Crippen molar-refractivity contribution in [2.75, 3.05) is 6.54 Å². The minimum atomic E-state index is -4.49. The number of fused-ring (bicyclic) bond motifs is 1. The molecule has 1 amide bonds. The van der Waals surface area contributed by atoms with Crippen LogP contribution in [-0.2, 0) is 6.18 Å². The SMILES string of the molecule is O=C(c1c[nH]c(=O)c2ccccc12)N1CCCC1c1ccccc1C(F)(F)F. The van der Waals surface area contributed by atoms with Gasteiger partial charge in [-0.2, -0.15) is 13.2 Å². The second-order valence-electron chi connectivity index (χ2n) is 6.82. The van der Waals surface area contributed by atoms with E-state index in [4.69, 9.17) is 0 Å². The van der Waals surface area contributed by atoms with Crippen molar-refractivity contribution in [2.24, 2.45) is 0 Å². The zero-order valence-corrected chi connectivity index (χ0v) is 14.8. The van der Waals surface area contributed by atoms with Gasteiger partial charge in [0.05, 0.1) is 17.2 Å². The normalized spacial score (nSPS) is 17.2. The second-order valence-corrected chi connectivity index (χ2v) is 6.82. The van der Waals surface area contributed by atoms with Crippen molar-refractivity contribution in [1.82, 2.24) is 9.88 Å². The Hall–Kier alpha value is -3.09. The van der Waals surface area contributed by atoms with Crippen LogP contribution in [0.15, 0.2) is 59.5 Å². The number of carbonyl (C=O) groups excluding carboxylic acids is 1. The standard InChI is InChI=1S/C21H17F3N2O2/c22-21(23,24)17-9-4-3-8-15(17)18-10-5-11-26(18)20(28)16-12-25-19(27)14-7-2-1-6-13(14)16/h1-4,6-9,12,18H,5,10-11H2,(H,25,27). The topological polar surface area (TPSA) is 53.2 Å². The maximum absolute atomic E-state index is 13.5. The van der Waals surface area contributed by atoms with Gasteiger partial charge in [-0.25, -0.2) is 0 Å². The number of likely N-dealkylation sites (tertiary alicyclic amines) is 1. The van der Waals surface area contributed by atoms with Gasteiger partial charge in [0.15, 0.2) is 0 Å². The highest BCUT2D eigenvalue weighted by atomic mass is 19.4. The lowest BCUT2D eigenvalue weighted by Crippen LogP contribution is -2.32. The van der Waals surface area contributed by atoms with E-state index in [0.29, 0.717) is 30.2 Å². The number of nitrogens with one attached hydrogen (secondary N) is 1. The van der Waals surface area contributed by atoms with Crippen LogP contribution in [0.3, 0.4) is 0 Å². The molecule has 1 saturated heterocycles. The Morgan fingerprint density at radius 2 is 1.71 bits per heavy atom. The van der Waals surface area contributed by atoms with Crippen molar-refractivity contribution >= 4 is 16.7 Å². The highest BCUT2D eigenvalue weighted by Gasteiger charge is 2.39. The van der Waals surface area contributed by atoms with Crippen molar-refractivity contribution in [3.05, 3.63) is 81.8 Å². The van der Waals surface area contributed by atoms with Crippen molar-refractivity contribution in [3.63, 3.8) is 0 Å². The zero-order chi connectivity index (χ0) is 19.9. The Kier molecular flexibility index (Phi) is 4.45. The predicted octanol–water partition coefficient (Wildman–Crippen LogP) is 4.52. The summed E-state index contributed by atoms with van der Waals surface area (Å²) in [5.41, 5.74) is -0.639. The number of nitrogens with zero attached hydrogens (tertiary/aromatic N) is 1. The number of hydrogen-bond donors (Lipinski definition) is 1. The van der Waals surface area contributed by atoms with Crippen LogP contribution in [0.4, 0.5) is 13.2 Å². The van der Waals surface area contributed by atoms with Gasteiger partial charge < -0.3 is 9.88 Å². The summed E-state index contributed by atoms with van der Waals surface area (Å²) in [6.45, 7) is 0.364. The number of amides is 1. The summed E-state index contributed by atoms with van der Waals surface area (Å²) in [6, 6.07) is 11.4. The first-order valence-electron chi connectivity index (χ1n) is 8.95. The molecule has 28 heavy (non-hydrogen) atoms. The van der Waals surface area contributed by atoms with E-state index in [0.717, 1.165) is 6.07 Å². The van der Waals surface area contributed by atoms with E-state index in [1.54, 1.807) is 30.3 Å². The molecule has 2 heterocycles. The Labute approximate surface area is 158 Å². The van der Waals surface area contributed by atoms with Crippen molar-refractivity contribution in [3.8, 4) is 0 Å². The van der Waals surface area contributed by atoms with Crippen molar-refractivity contribution in [1.29, 1.82) is 0 Å². The van der Waals surface area contributed by atoms with Crippen LogP contribution >= 0.6 is 0 Å². The Bertz CT molecular complexity index is 1100. The molecular weight excluding hydrogens is 369 g/mol. The lowest BCUT2D eigenvalue weighted by molar-refractivity contribution is -0.138. The molecule has 1 unspecified atom stereocenters. The molecule has 4 rings (SSSR count). The smallest absolute Gasteiger partial charge is 0.332 e. The van der Waals surface area contributed by atoms with E-state index in [1.165, 1.54) is 23.2 Å². The first kappa shape index (κ1) is 18.3. The molecule has 144 valence electrons. The molecule has 1 aromatic heterocycles. The van der Waals surface area contributed by atoms with E-state index in [-0.39, 0.29) is 22.6 Å². The molecule has 7 heteroatoms. The zero-order valence-electron chi connectivity index (χ0n) is 14.8. The summed E-state index contributed by atoms with van der Waals surface area (Å²) in [6.07, 6.45) is -2.07. The number of alkyl halides is 3. The molecule has 0 bridgehead atoms. The molecule has 1 aliphatic heterocycles. The minimum absolute atomic E-state index is 0.106. The largest absolute Gasteiger partial charge is 0.416 e. The molecule has 2 aromatic carbocycles. The number of hydrogen-bond acceptors (Lipinski definition) is 2. The summed E-state index contributed by atoms with van der Waals surface area (Å²) in [5.74, 6) is -0.382. The van der Waals surface area contributed by atoms with E-state index >= 15 is 0 Å². The fraction of sp³-hybridized carbons (Fsp3) is 0.238. The highest BCUT2D eigenvalue weighted by Crippen LogP contribution is 2.41. The number of aromatic amines is 1. The molecule has 1 fully saturated rings. The summed E-state index contributed by atoms with van der Waals surface area (Å²) >= 11 is 0.